The third kappa shape index (κ3) is 3.30. The van der Waals surface area contributed by atoms with Crippen molar-refractivity contribution in [2.45, 2.75) is 6.61 Å². The van der Waals surface area contributed by atoms with Crippen LogP contribution >= 0.6 is 15.9 Å². The summed E-state index contributed by atoms with van der Waals surface area (Å²) in [5.74, 6) is 1.37. The fraction of sp³-hybridized carbons (Fsp3) is 0.133. The number of benzene rings is 2. The average Bonchev–Trinajstić information content (AvgIpc) is 2.45. The average molecular weight is 335 g/mol. The molecule has 20 heavy (non-hydrogen) atoms. The van der Waals surface area contributed by atoms with E-state index >= 15 is 0 Å². The lowest BCUT2D eigenvalue weighted by molar-refractivity contribution is 0.305. The van der Waals surface area contributed by atoms with Crippen molar-refractivity contribution in [3.63, 3.8) is 0 Å². The Morgan fingerprint density at radius 3 is 2.50 bits per heavy atom. The predicted molar refractivity (Wildman–Crippen MR) is 82.5 cm³/mol. The van der Waals surface area contributed by atoms with Crippen molar-refractivity contribution < 1.29 is 9.47 Å². The third-order valence-corrected chi connectivity index (χ3v) is 3.46. The van der Waals surface area contributed by atoms with Crippen LogP contribution in [0, 0.1) is 5.41 Å². The summed E-state index contributed by atoms with van der Waals surface area (Å²) in [6.07, 6.45) is 0. The Kier molecular flexibility index (Phi) is 4.63. The van der Waals surface area contributed by atoms with Crippen LogP contribution in [0.15, 0.2) is 46.9 Å². The van der Waals surface area contributed by atoms with E-state index in [-0.39, 0.29) is 5.84 Å². The van der Waals surface area contributed by atoms with Gasteiger partial charge in [-0.25, -0.2) is 0 Å². The molecule has 0 atom stereocenters. The quantitative estimate of drug-likeness (QED) is 0.651. The Bertz CT molecular complexity index is 612. The summed E-state index contributed by atoms with van der Waals surface area (Å²) >= 11 is 3.38. The lowest BCUT2D eigenvalue weighted by Crippen LogP contribution is -2.14. The maximum atomic E-state index is 7.60. The molecular weight excluding hydrogens is 320 g/mol. The number of methoxy groups -OCH3 is 1. The minimum atomic E-state index is -0.0257. The van der Waals surface area contributed by atoms with Gasteiger partial charge in [0.25, 0.3) is 0 Å². The number of rotatable bonds is 5. The van der Waals surface area contributed by atoms with Crippen LogP contribution in [0.5, 0.6) is 11.5 Å². The maximum Gasteiger partial charge on any atom is 0.131 e. The molecule has 3 N–H and O–H groups in total. The molecule has 0 spiro atoms. The molecule has 2 rings (SSSR count). The van der Waals surface area contributed by atoms with Gasteiger partial charge >= 0.3 is 0 Å². The predicted octanol–water partition coefficient (Wildman–Crippen LogP) is 3.32. The summed E-state index contributed by atoms with van der Waals surface area (Å²) in [5, 5.41) is 7.60. The number of amidine groups is 1. The summed E-state index contributed by atoms with van der Waals surface area (Å²) in [7, 11) is 1.63. The van der Waals surface area contributed by atoms with Crippen LogP contribution in [0.3, 0.4) is 0 Å². The van der Waals surface area contributed by atoms with Gasteiger partial charge in [0.1, 0.15) is 23.9 Å². The molecule has 0 aliphatic carbocycles. The zero-order chi connectivity index (χ0) is 14.5. The molecule has 0 unspecified atom stereocenters. The van der Waals surface area contributed by atoms with Crippen LogP contribution in [0.1, 0.15) is 11.1 Å². The Morgan fingerprint density at radius 1 is 1.20 bits per heavy atom. The van der Waals surface area contributed by atoms with Crippen molar-refractivity contribution in [2.75, 3.05) is 7.11 Å². The second-order valence-electron chi connectivity index (χ2n) is 4.16. The summed E-state index contributed by atoms with van der Waals surface area (Å²) in [5.41, 5.74) is 7.16. The number of hydrogen-bond donors (Lipinski definition) is 2. The molecule has 0 saturated carbocycles. The first kappa shape index (κ1) is 14.4. The molecule has 2 aromatic rings. The van der Waals surface area contributed by atoms with Gasteiger partial charge in [0.2, 0.25) is 0 Å². The highest BCUT2D eigenvalue weighted by Gasteiger charge is 2.10. The smallest absolute Gasteiger partial charge is 0.131 e. The second-order valence-corrected chi connectivity index (χ2v) is 5.02. The molecule has 0 bridgehead atoms. The Labute approximate surface area is 126 Å². The molecule has 0 radical (unpaired) electrons. The number of ether oxygens (including phenoxy) is 2. The monoisotopic (exact) mass is 334 g/mol. The second kappa shape index (κ2) is 6.43. The normalized spacial score (nSPS) is 10.1. The van der Waals surface area contributed by atoms with Gasteiger partial charge in [-0.2, -0.15) is 0 Å². The van der Waals surface area contributed by atoms with Crippen molar-refractivity contribution in [3.05, 3.63) is 58.1 Å². The van der Waals surface area contributed by atoms with E-state index in [1.165, 1.54) is 0 Å². The minimum absolute atomic E-state index is 0.0257. The van der Waals surface area contributed by atoms with E-state index in [1.54, 1.807) is 13.2 Å². The number of nitrogens with two attached hydrogens (primary N) is 1. The summed E-state index contributed by atoms with van der Waals surface area (Å²) in [4.78, 5) is 0. The molecule has 0 aliphatic heterocycles. The fourth-order valence-corrected chi connectivity index (χ4v) is 2.33. The number of halogens is 1. The van der Waals surface area contributed by atoms with E-state index in [1.807, 2.05) is 36.4 Å². The van der Waals surface area contributed by atoms with E-state index in [9.17, 15) is 0 Å². The van der Waals surface area contributed by atoms with E-state index < -0.39 is 0 Å². The Balaban J connectivity index is 2.14. The largest absolute Gasteiger partial charge is 0.497 e. The van der Waals surface area contributed by atoms with Crippen LogP contribution in [-0.4, -0.2) is 12.9 Å². The highest BCUT2D eigenvalue weighted by atomic mass is 79.9. The van der Waals surface area contributed by atoms with Crippen LogP contribution in [0.4, 0.5) is 0 Å². The maximum absolute atomic E-state index is 7.60. The summed E-state index contributed by atoms with van der Waals surface area (Å²) in [6.45, 7) is 0.403. The molecule has 0 amide bonds. The van der Waals surface area contributed by atoms with Gasteiger partial charge in [0.05, 0.1) is 12.7 Å². The molecule has 5 heteroatoms. The SMILES string of the molecule is COc1ccc(COc2cccc(Br)c2C(=N)N)cc1. The molecule has 0 heterocycles. The van der Waals surface area contributed by atoms with Gasteiger partial charge in [-0.3, -0.25) is 5.41 Å². The molecule has 2 aromatic carbocycles. The minimum Gasteiger partial charge on any atom is -0.497 e. The van der Waals surface area contributed by atoms with Gasteiger partial charge in [0, 0.05) is 4.47 Å². The van der Waals surface area contributed by atoms with Crippen molar-refractivity contribution in [1.82, 2.24) is 0 Å². The number of hydrogen-bond acceptors (Lipinski definition) is 3. The Hall–Kier alpha value is -2.01. The third-order valence-electron chi connectivity index (χ3n) is 2.80. The van der Waals surface area contributed by atoms with Crippen LogP contribution in [0.2, 0.25) is 0 Å². The summed E-state index contributed by atoms with van der Waals surface area (Å²) < 4.78 is 11.6. The molecular formula is C15H15BrN2O2. The van der Waals surface area contributed by atoms with Crippen LogP contribution in [-0.2, 0) is 6.61 Å². The first-order valence-electron chi connectivity index (χ1n) is 6.00. The molecule has 0 aliphatic rings. The summed E-state index contributed by atoms with van der Waals surface area (Å²) in [6, 6.07) is 13.1. The Morgan fingerprint density at radius 2 is 1.90 bits per heavy atom. The van der Waals surface area contributed by atoms with Gasteiger partial charge < -0.3 is 15.2 Å². The van der Waals surface area contributed by atoms with Crippen molar-refractivity contribution in [1.29, 1.82) is 5.41 Å². The molecule has 0 saturated heterocycles. The van der Waals surface area contributed by atoms with Crippen LogP contribution < -0.4 is 15.2 Å². The van der Waals surface area contributed by atoms with Crippen molar-refractivity contribution >= 4 is 21.8 Å². The van der Waals surface area contributed by atoms with Gasteiger partial charge in [-0.1, -0.05) is 18.2 Å². The lowest BCUT2D eigenvalue weighted by atomic mass is 10.2. The first-order chi connectivity index (χ1) is 9.61. The first-order valence-corrected chi connectivity index (χ1v) is 6.79. The molecule has 104 valence electrons. The van der Waals surface area contributed by atoms with E-state index in [4.69, 9.17) is 20.6 Å². The molecule has 4 nitrogen and oxygen atoms in total. The zero-order valence-electron chi connectivity index (χ0n) is 11.0. The van der Waals surface area contributed by atoms with Gasteiger partial charge in [-0.15, -0.1) is 0 Å². The topological polar surface area (TPSA) is 68.3 Å². The highest BCUT2D eigenvalue weighted by Crippen LogP contribution is 2.27. The number of nitrogen functional groups attached to an aromatic ring is 1. The standard InChI is InChI=1S/C15H15BrN2O2/c1-19-11-7-5-10(6-8-11)9-20-13-4-2-3-12(16)14(13)15(17)18/h2-8H,9H2,1H3,(H3,17,18). The van der Waals surface area contributed by atoms with E-state index in [2.05, 4.69) is 15.9 Å². The van der Waals surface area contributed by atoms with Crippen molar-refractivity contribution in [3.8, 4) is 11.5 Å². The zero-order valence-corrected chi connectivity index (χ0v) is 12.6. The number of nitrogens with one attached hydrogen (secondary N) is 1. The van der Waals surface area contributed by atoms with E-state index in [0.717, 1.165) is 15.8 Å². The van der Waals surface area contributed by atoms with Crippen molar-refractivity contribution in [2.24, 2.45) is 5.73 Å². The van der Waals surface area contributed by atoms with Gasteiger partial charge in [0.15, 0.2) is 0 Å². The van der Waals surface area contributed by atoms with E-state index in [0.29, 0.717) is 17.9 Å². The highest BCUT2D eigenvalue weighted by molar-refractivity contribution is 9.10. The molecule has 0 fully saturated rings. The fourth-order valence-electron chi connectivity index (χ4n) is 1.77. The molecule has 0 aromatic heterocycles. The lowest BCUT2D eigenvalue weighted by Gasteiger charge is -2.12. The van der Waals surface area contributed by atoms with Crippen LogP contribution in [0.25, 0.3) is 0 Å². The van der Waals surface area contributed by atoms with Gasteiger partial charge in [-0.05, 0) is 45.8 Å².